The van der Waals surface area contributed by atoms with Crippen molar-refractivity contribution in [2.24, 2.45) is 11.7 Å². The van der Waals surface area contributed by atoms with Crippen LogP contribution in [0.5, 0.6) is 0 Å². The van der Waals surface area contributed by atoms with Gasteiger partial charge in [-0.15, -0.1) is 6.58 Å². The van der Waals surface area contributed by atoms with Gasteiger partial charge >= 0.3 is 0 Å². The molecule has 1 saturated carbocycles. The zero-order valence-corrected chi connectivity index (χ0v) is 9.41. The van der Waals surface area contributed by atoms with E-state index in [-0.39, 0.29) is 0 Å². The molecule has 82 valence electrons. The molecule has 1 aliphatic carbocycles. The number of hydrogen-bond donors (Lipinski definition) is 1. The zero-order valence-electron chi connectivity index (χ0n) is 9.41. The summed E-state index contributed by atoms with van der Waals surface area (Å²) in [7, 11) is 0. The molecule has 0 spiro atoms. The highest BCUT2D eigenvalue weighted by Crippen LogP contribution is 2.27. The largest absolute Gasteiger partial charge is 0.330 e. The van der Waals surface area contributed by atoms with Crippen LogP contribution in [0.2, 0.25) is 0 Å². The maximum atomic E-state index is 5.77. The summed E-state index contributed by atoms with van der Waals surface area (Å²) in [6, 6.07) is 0.832. The Hall–Kier alpha value is -0.340. The number of rotatable bonds is 8. The highest BCUT2D eigenvalue weighted by molar-refractivity contribution is 4.89. The maximum absolute atomic E-state index is 5.77. The Morgan fingerprint density at radius 3 is 2.71 bits per heavy atom. The van der Waals surface area contributed by atoms with Crippen LogP contribution in [0.4, 0.5) is 0 Å². The van der Waals surface area contributed by atoms with Crippen LogP contribution >= 0.6 is 0 Å². The Balaban J connectivity index is 2.31. The lowest BCUT2D eigenvalue weighted by molar-refractivity contribution is 0.238. The normalized spacial score (nSPS) is 18.5. The smallest absolute Gasteiger partial charge is 0.0163 e. The summed E-state index contributed by atoms with van der Waals surface area (Å²) in [5, 5.41) is 0. The molecule has 1 aliphatic rings. The Morgan fingerprint density at radius 1 is 1.57 bits per heavy atom. The average molecular weight is 196 g/mol. The van der Waals surface area contributed by atoms with E-state index >= 15 is 0 Å². The predicted octanol–water partition coefficient (Wildman–Crippen LogP) is 2.01. The average Bonchev–Trinajstić information content (AvgIpc) is 2.99. The van der Waals surface area contributed by atoms with Crippen LogP contribution in [0.1, 0.15) is 32.6 Å². The zero-order chi connectivity index (χ0) is 10.4. The summed E-state index contributed by atoms with van der Waals surface area (Å²) in [6.07, 6.45) is 7.26. The lowest BCUT2D eigenvalue weighted by atomic mass is 10.0. The molecule has 1 unspecified atom stereocenters. The van der Waals surface area contributed by atoms with Crippen LogP contribution in [0.15, 0.2) is 12.7 Å². The summed E-state index contributed by atoms with van der Waals surface area (Å²) in [5.74, 6) is 0.681. The van der Waals surface area contributed by atoms with Crippen molar-refractivity contribution in [2.45, 2.75) is 38.6 Å². The lowest BCUT2D eigenvalue weighted by Gasteiger charge is -2.25. The second-order valence-electron chi connectivity index (χ2n) is 4.36. The minimum Gasteiger partial charge on any atom is -0.330 e. The molecular weight excluding hydrogens is 172 g/mol. The minimum absolute atomic E-state index is 0.681. The third-order valence-corrected chi connectivity index (χ3v) is 2.95. The van der Waals surface area contributed by atoms with Gasteiger partial charge in [-0.05, 0) is 31.7 Å². The highest BCUT2D eigenvalue weighted by atomic mass is 15.2. The second kappa shape index (κ2) is 6.20. The predicted molar refractivity (Wildman–Crippen MR) is 62.2 cm³/mol. The van der Waals surface area contributed by atoms with E-state index in [4.69, 9.17) is 5.73 Å². The molecule has 0 bridgehead atoms. The molecule has 1 rings (SSSR count). The van der Waals surface area contributed by atoms with E-state index in [1.54, 1.807) is 0 Å². The van der Waals surface area contributed by atoms with Crippen molar-refractivity contribution in [3.05, 3.63) is 12.7 Å². The molecule has 0 aromatic rings. The van der Waals surface area contributed by atoms with Gasteiger partial charge in [-0.2, -0.15) is 0 Å². The van der Waals surface area contributed by atoms with Gasteiger partial charge in [-0.3, -0.25) is 4.90 Å². The van der Waals surface area contributed by atoms with Crippen LogP contribution in [-0.2, 0) is 0 Å². The van der Waals surface area contributed by atoms with E-state index in [0.29, 0.717) is 5.92 Å². The topological polar surface area (TPSA) is 29.3 Å². The first-order valence-electron chi connectivity index (χ1n) is 5.86. The van der Waals surface area contributed by atoms with Crippen molar-refractivity contribution in [3.8, 4) is 0 Å². The van der Waals surface area contributed by atoms with Gasteiger partial charge in [-0.25, -0.2) is 0 Å². The second-order valence-corrected chi connectivity index (χ2v) is 4.36. The molecule has 14 heavy (non-hydrogen) atoms. The summed E-state index contributed by atoms with van der Waals surface area (Å²) < 4.78 is 0. The van der Waals surface area contributed by atoms with Gasteiger partial charge in [-0.1, -0.05) is 19.4 Å². The molecule has 0 radical (unpaired) electrons. The third kappa shape index (κ3) is 3.81. The summed E-state index contributed by atoms with van der Waals surface area (Å²) in [5.41, 5.74) is 5.77. The number of hydrogen-bond acceptors (Lipinski definition) is 2. The molecule has 0 heterocycles. The lowest BCUT2D eigenvalue weighted by Crippen LogP contribution is -2.34. The third-order valence-electron chi connectivity index (χ3n) is 2.95. The van der Waals surface area contributed by atoms with E-state index in [9.17, 15) is 0 Å². The Morgan fingerprint density at radius 2 is 2.29 bits per heavy atom. The van der Waals surface area contributed by atoms with Crippen LogP contribution in [0, 0.1) is 5.92 Å². The summed E-state index contributed by atoms with van der Waals surface area (Å²) in [4.78, 5) is 2.54. The molecule has 2 nitrogen and oxygen atoms in total. The number of nitrogens with zero attached hydrogens (tertiary/aromatic N) is 1. The van der Waals surface area contributed by atoms with Gasteiger partial charge in [0.05, 0.1) is 0 Å². The first-order valence-corrected chi connectivity index (χ1v) is 5.86. The first kappa shape index (κ1) is 11.7. The van der Waals surface area contributed by atoms with Gasteiger partial charge in [0.15, 0.2) is 0 Å². The molecule has 0 aliphatic heterocycles. The molecular formula is C12H24N2. The SMILES string of the molecule is C=CCN(CC(CN)CCC)C1CC1. The summed E-state index contributed by atoms with van der Waals surface area (Å²) >= 11 is 0. The van der Waals surface area contributed by atoms with Gasteiger partial charge in [0.2, 0.25) is 0 Å². The number of nitrogens with two attached hydrogens (primary N) is 1. The minimum atomic E-state index is 0.681. The molecule has 0 aromatic carbocycles. The fourth-order valence-corrected chi connectivity index (χ4v) is 2.00. The van der Waals surface area contributed by atoms with Crippen molar-refractivity contribution in [1.29, 1.82) is 0 Å². The molecule has 1 fully saturated rings. The summed E-state index contributed by atoms with van der Waals surface area (Å²) in [6.45, 7) is 9.08. The van der Waals surface area contributed by atoms with E-state index in [2.05, 4.69) is 18.4 Å². The van der Waals surface area contributed by atoms with E-state index in [0.717, 1.165) is 19.1 Å². The Bertz CT molecular complexity index is 164. The highest BCUT2D eigenvalue weighted by Gasteiger charge is 2.29. The quantitative estimate of drug-likeness (QED) is 0.602. The molecule has 2 heteroatoms. The van der Waals surface area contributed by atoms with Crippen molar-refractivity contribution in [3.63, 3.8) is 0 Å². The van der Waals surface area contributed by atoms with Gasteiger partial charge < -0.3 is 5.73 Å². The monoisotopic (exact) mass is 196 g/mol. The molecule has 0 aromatic heterocycles. The van der Waals surface area contributed by atoms with E-state index in [1.165, 1.54) is 32.2 Å². The Labute approximate surface area is 88.2 Å². The van der Waals surface area contributed by atoms with Gasteiger partial charge in [0.1, 0.15) is 0 Å². The fourth-order valence-electron chi connectivity index (χ4n) is 2.00. The van der Waals surface area contributed by atoms with Crippen molar-refractivity contribution >= 4 is 0 Å². The Kier molecular flexibility index (Phi) is 5.20. The maximum Gasteiger partial charge on any atom is 0.0163 e. The van der Waals surface area contributed by atoms with Crippen LogP contribution < -0.4 is 5.73 Å². The standard InChI is InChI=1S/C12H24N2/c1-3-5-11(9-13)10-14(8-4-2)12-6-7-12/h4,11-12H,2-3,5-10,13H2,1H3. The molecule has 2 N–H and O–H groups in total. The van der Waals surface area contributed by atoms with Crippen molar-refractivity contribution < 1.29 is 0 Å². The van der Waals surface area contributed by atoms with Crippen LogP contribution in [0.3, 0.4) is 0 Å². The van der Waals surface area contributed by atoms with Crippen LogP contribution in [0.25, 0.3) is 0 Å². The first-order chi connectivity index (χ1) is 6.81. The molecule has 0 saturated heterocycles. The van der Waals surface area contributed by atoms with Crippen molar-refractivity contribution in [2.75, 3.05) is 19.6 Å². The van der Waals surface area contributed by atoms with Crippen molar-refractivity contribution in [1.82, 2.24) is 4.90 Å². The van der Waals surface area contributed by atoms with Gasteiger partial charge in [0, 0.05) is 19.1 Å². The van der Waals surface area contributed by atoms with E-state index < -0.39 is 0 Å². The van der Waals surface area contributed by atoms with Gasteiger partial charge in [0.25, 0.3) is 0 Å². The fraction of sp³-hybridized carbons (Fsp3) is 0.833. The molecule has 0 amide bonds. The van der Waals surface area contributed by atoms with Crippen LogP contribution in [-0.4, -0.2) is 30.6 Å². The molecule has 1 atom stereocenters. The van der Waals surface area contributed by atoms with E-state index in [1.807, 2.05) is 6.08 Å².